The first-order chi connectivity index (χ1) is 13.9. The average molecular weight is 397 g/mol. The monoisotopic (exact) mass is 397 g/mol. The smallest absolute Gasteiger partial charge is 0.254 e. The van der Waals surface area contributed by atoms with Crippen LogP contribution in [0.2, 0.25) is 0 Å². The molecule has 1 N–H and O–H groups in total. The standard InChI is InChI=1S/C22H27N3O4/c1-13-8-19(26)17(20(9-13)29-5)11-24-22(27)21-15(3)25(14(2)12-28-4)18-6-7-23-10-16(18)21/h6-7,9-10,14H,8,11-12H2,1-5H3,(H,24,27). The zero-order valence-electron chi connectivity index (χ0n) is 17.5. The number of ether oxygens (including phenoxy) is 2. The maximum atomic E-state index is 13.1. The van der Waals surface area contributed by atoms with Gasteiger partial charge in [0.25, 0.3) is 5.91 Å². The molecule has 7 nitrogen and oxygen atoms in total. The fourth-order valence-corrected chi connectivity index (χ4v) is 3.94. The van der Waals surface area contributed by atoms with Crippen LogP contribution in [0, 0.1) is 6.92 Å². The number of carbonyl (C=O) groups excluding carboxylic acids is 2. The normalized spacial score (nSPS) is 15.5. The van der Waals surface area contributed by atoms with Crippen LogP contribution in [0.15, 0.2) is 41.4 Å². The molecule has 1 atom stereocenters. The van der Waals surface area contributed by atoms with Gasteiger partial charge in [-0.25, -0.2) is 0 Å². The van der Waals surface area contributed by atoms with Gasteiger partial charge in [-0.1, -0.05) is 5.57 Å². The van der Waals surface area contributed by atoms with Crippen molar-refractivity contribution in [2.45, 2.75) is 33.2 Å². The third-order valence-electron chi connectivity index (χ3n) is 5.22. The molecule has 154 valence electrons. The lowest BCUT2D eigenvalue weighted by Gasteiger charge is -2.18. The Labute approximate surface area is 170 Å². The van der Waals surface area contributed by atoms with E-state index in [-0.39, 0.29) is 24.3 Å². The number of carbonyl (C=O) groups is 2. The molecule has 2 heterocycles. The number of fused-ring (bicyclic) bond motifs is 1. The third kappa shape index (κ3) is 3.96. The van der Waals surface area contributed by atoms with Crippen LogP contribution < -0.4 is 5.32 Å². The molecule has 0 radical (unpaired) electrons. The van der Waals surface area contributed by atoms with Crippen molar-refractivity contribution in [3.05, 3.63) is 52.7 Å². The number of hydrogen-bond donors (Lipinski definition) is 1. The number of Topliss-reactive ketones (excluding diaryl/α,β-unsaturated/α-hetero) is 1. The highest BCUT2D eigenvalue weighted by atomic mass is 16.5. The number of pyridine rings is 1. The number of rotatable bonds is 7. The molecule has 1 amide bonds. The minimum atomic E-state index is -0.245. The molecule has 1 unspecified atom stereocenters. The van der Waals surface area contributed by atoms with Gasteiger partial charge in [0, 0.05) is 37.0 Å². The summed E-state index contributed by atoms with van der Waals surface area (Å²) in [6.07, 6.45) is 5.60. The predicted octanol–water partition coefficient (Wildman–Crippen LogP) is 3.10. The van der Waals surface area contributed by atoms with Gasteiger partial charge in [-0.3, -0.25) is 14.6 Å². The van der Waals surface area contributed by atoms with E-state index in [0.29, 0.717) is 29.9 Å². The van der Waals surface area contributed by atoms with Gasteiger partial charge in [-0.2, -0.15) is 0 Å². The van der Waals surface area contributed by atoms with E-state index in [0.717, 1.165) is 22.2 Å². The fourth-order valence-electron chi connectivity index (χ4n) is 3.94. The van der Waals surface area contributed by atoms with E-state index in [1.807, 2.05) is 32.9 Å². The van der Waals surface area contributed by atoms with Crippen LogP contribution in [0.4, 0.5) is 0 Å². The van der Waals surface area contributed by atoms with E-state index in [2.05, 4.69) is 14.9 Å². The molecule has 3 rings (SSSR count). The van der Waals surface area contributed by atoms with Crippen molar-refractivity contribution in [2.75, 3.05) is 27.4 Å². The van der Waals surface area contributed by atoms with E-state index >= 15 is 0 Å². The van der Waals surface area contributed by atoms with Crippen LogP contribution >= 0.6 is 0 Å². The van der Waals surface area contributed by atoms with Crippen LogP contribution in [0.25, 0.3) is 10.9 Å². The van der Waals surface area contributed by atoms with Crippen LogP contribution in [0.3, 0.4) is 0 Å². The van der Waals surface area contributed by atoms with Crippen molar-refractivity contribution in [3.63, 3.8) is 0 Å². The Balaban J connectivity index is 1.94. The van der Waals surface area contributed by atoms with E-state index in [1.54, 1.807) is 19.5 Å². The molecule has 0 saturated heterocycles. The Morgan fingerprint density at radius 2 is 2.10 bits per heavy atom. The Morgan fingerprint density at radius 3 is 2.79 bits per heavy atom. The minimum Gasteiger partial charge on any atom is -0.496 e. The van der Waals surface area contributed by atoms with Gasteiger partial charge in [0.15, 0.2) is 5.78 Å². The number of ketones is 1. The molecule has 0 bridgehead atoms. The highest BCUT2D eigenvalue weighted by Gasteiger charge is 2.25. The van der Waals surface area contributed by atoms with Gasteiger partial charge in [-0.05, 0) is 32.9 Å². The fraction of sp³-hybridized carbons (Fsp3) is 0.409. The first-order valence-corrected chi connectivity index (χ1v) is 9.58. The zero-order valence-corrected chi connectivity index (χ0v) is 17.5. The summed E-state index contributed by atoms with van der Waals surface area (Å²) >= 11 is 0. The summed E-state index contributed by atoms with van der Waals surface area (Å²) in [5, 5.41) is 3.67. The molecule has 0 spiro atoms. The van der Waals surface area contributed by atoms with Crippen LogP contribution in [-0.4, -0.2) is 48.6 Å². The zero-order chi connectivity index (χ0) is 21.1. The SMILES string of the molecule is COCC(C)n1c(C)c(C(=O)NCC2=C(OC)C=C(C)CC2=O)c2cnccc21. The molecule has 1 aliphatic carbocycles. The Hall–Kier alpha value is -2.93. The number of methoxy groups -OCH3 is 2. The molecule has 2 aromatic heterocycles. The molecule has 2 aromatic rings. The van der Waals surface area contributed by atoms with Crippen molar-refractivity contribution in [1.29, 1.82) is 0 Å². The molecular weight excluding hydrogens is 370 g/mol. The van der Waals surface area contributed by atoms with Gasteiger partial charge in [0.05, 0.1) is 43.0 Å². The summed E-state index contributed by atoms with van der Waals surface area (Å²) in [7, 11) is 3.19. The van der Waals surface area contributed by atoms with Gasteiger partial charge in [0.1, 0.15) is 5.76 Å². The van der Waals surface area contributed by atoms with E-state index in [9.17, 15) is 9.59 Å². The summed E-state index contributed by atoms with van der Waals surface area (Å²) in [5.41, 5.74) is 3.75. The summed E-state index contributed by atoms with van der Waals surface area (Å²) in [6.45, 7) is 6.49. The maximum absolute atomic E-state index is 13.1. The molecule has 0 aliphatic heterocycles. The summed E-state index contributed by atoms with van der Waals surface area (Å²) in [6, 6.07) is 1.96. The van der Waals surface area contributed by atoms with Crippen LogP contribution in [0.5, 0.6) is 0 Å². The largest absolute Gasteiger partial charge is 0.496 e. The Morgan fingerprint density at radius 1 is 1.34 bits per heavy atom. The number of hydrogen-bond acceptors (Lipinski definition) is 5. The lowest BCUT2D eigenvalue weighted by molar-refractivity contribution is -0.115. The second-order valence-corrected chi connectivity index (χ2v) is 7.35. The molecule has 0 saturated carbocycles. The quantitative estimate of drug-likeness (QED) is 0.776. The summed E-state index contributed by atoms with van der Waals surface area (Å²) in [4.78, 5) is 29.7. The number of allylic oxidation sites excluding steroid dienone is 2. The maximum Gasteiger partial charge on any atom is 0.254 e. The van der Waals surface area contributed by atoms with Crippen LogP contribution in [-0.2, 0) is 14.3 Å². The van der Waals surface area contributed by atoms with Crippen LogP contribution in [0.1, 0.15) is 42.4 Å². The number of amides is 1. The molecule has 29 heavy (non-hydrogen) atoms. The van der Waals surface area contributed by atoms with Gasteiger partial charge < -0.3 is 19.4 Å². The van der Waals surface area contributed by atoms with Gasteiger partial charge >= 0.3 is 0 Å². The first-order valence-electron chi connectivity index (χ1n) is 9.58. The summed E-state index contributed by atoms with van der Waals surface area (Å²) < 4.78 is 12.7. The van der Waals surface area contributed by atoms with Crippen molar-refractivity contribution >= 4 is 22.6 Å². The topological polar surface area (TPSA) is 82.5 Å². The van der Waals surface area contributed by atoms with E-state index < -0.39 is 0 Å². The highest BCUT2D eigenvalue weighted by molar-refractivity contribution is 6.09. The Kier molecular flexibility index (Phi) is 6.17. The molecule has 0 fully saturated rings. The van der Waals surface area contributed by atoms with Crippen molar-refractivity contribution < 1.29 is 19.1 Å². The van der Waals surface area contributed by atoms with E-state index in [4.69, 9.17) is 9.47 Å². The van der Waals surface area contributed by atoms with Crippen molar-refractivity contribution in [3.8, 4) is 0 Å². The lowest BCUT2D eigenvalue weighted by Crippen LogP contribution is -2.30. The molecule has 1 aliphatic rings. The van der Waals surface area contributed by atoms with Gasteiger partial charge in [-0.15, -0.1) is 0 Å². The second-order valence-electron chi connectivity index (χ2n) is 7.35. The van der Waals surface area contributed by atoms with Crippen molar-refractivity contribution in [1.82, 2.24) is 14.9 Å². The molecular formula is C22H27N3O4. The first kappa shape index (κ1) is 20.8. The number of nitrogens with zero attached hydrogens (tertiary/aromatic N) is 2. The molecule has 0 aromatic carbocycles. The lowest BCUT2D eigenvalue weighted by atomic mass is 9.96. The van der Waals surface area contributed by atoms with Crippen molar-refractivity contribution in [2.24, 2.45) is 0 Å². The minimum absolute atomic E-state index is 0.0308. The number of nitrogens with one attached hydrogen (secondary N) is 1. The van der Waals surface area contributed by atoms with E-state index in [1.165, 1.54) is 7.11 Å². The Bertz CT molecular complexity index is 1020. The number of aromatic nitrogens is 2. The highest BCUT2D eigenvalue weighted by Crippen LogP contribution is 2.29. The third-order valence-corrected chi connectivity index (χ3v) is 5.22. The molecule has 7 heteroatoms. The summed E-state index contributed by atoms with van der Waals surface area (Å²) in [5.74, 6) is 0.233. The predicted molar refractivity (Wildman–Crippen MR) is 111 cm³/mol. The second kappa shape index (κ2) is 8.61. The average Bonchev–Trinajstić information content (AvgIpc) is 2.98. The van der Waals surface area contributed by atoms with Gasteiger partial charge in [0.2, 0.25) is 0 Å².